The molecule has 0 unspecified atom stereocenters. The minimum atomic E-state index is -0.895. The molecule has 1 N–H and O–H groups in total. The molecule has 0 bridgehead atoms. The van der Waals surface area contributed by atoms with Crippen LogP contribution >= 0.6 is 0 Å². The first-order valence-electron chi connectivity index (χ1n) is 6.73. The molecular formula is C14H21N3O3. The number of hydrogen-bond donors (Lipinski definition) is 1. The Bertz CT molecular complexity index is 437. The third kappa shape index (κ3) is 4.87. The van der Waals surface area contributed by atoms with E-state index < -0.39 is 5.97 Å². The number of aromatic nitrogens is 1. The lowest BCUT2D eigenvalue weighted by atomic mass is 10.2. The molecule has 0 atom stereocenters. The molecular weight excluding hydrogens is 258 g/mol. The molecule has 0 radical (unpaired) electrons. The fourth-order valence-corrected chi connectivity index (χ4v) is 1.84. The van der Waals surface area contributed by atoms with Crippen LogP contribution in [0.2, 0.25) is 0 Å². The summed E-state index contributed by atoms with van der Waals surface area (Å²) in [6.07, 6.45) is 3.34. The Morgan fingerprint density at radius 2 is 1.75 bits per heavy atom. The molecule has 0 saturated heterocycles. The van der Waals surface area contributed by atoms with Crippen LogP contribution in [0.5, 0.6) is 0 Å². The number of urea groups is 1. The maximum absolute atomic E-state index is 12.4. The molecule has 0 spiro atoms. The molecule has 1 aromatic rings. The Kier molecular flexibility index (Phi) is 6.49. The van der Waals surface area contributed by atoms with Gasteiger partial charge in [-0.25, -0.2) is 4.79 Å². The molecule has 110 valence electrons. The van der Waals surface area contributed by atoms with Crippen LogP contribution < -0.4 is 0 Å². The largest absolute Gasteiger partial charge is 0.481 e. The van der Waals surface area contributed by atoms with E-state index >= 15 is 0 Å². The van der Waals surface area contributed by atoms with E-state index in [4.69, 9.17) is 5.11 Å². The van der Waals surface area contributed by atoms with E-state index in [2.05, 4.69) is 4.98 Å². The molecule has 0 aromatic carbocycles. The van der Waals surface area contributed by atoms with Crippen LogP contribution in [0.1, 0.15) is 25.8 Å². The highest BCUT2D eigenvalue weighted by Crippen LogP contribution is 2.07. The summed E-state index contributed by atoms with van der Waals surface area (Å²) < 4.78 is 0. The summed E-state index contributed by atoms with van der Waals surface area (Å²) in [5, 5.41) is 8.71. The number of hydrogen-bond acceptors (Lipinski definition) is 3. The summed E-state index contributed by atoms with van der Waals surface area (Å²) in [5.74, 6) is -0.895. The van der Waals surface area contributed by atoms with Crippen molar-refractivity contribution < 1.29 is 14.7 Å². The molecule has 1 aromatic heterocycles. The van der Waals surface area contributed by atoms with Gasteiger partial charge in [-0.05, 0) is 31.5 Å². The van der Waals surface area contributed by atoms with E-state index in [-0.39, 0.29) is 19.0 Å². The molecule has 20 heavy (non-hydrogen) atoms. The van der Waals surface area contributed by atoms with Gasteiger partial charge in [0.05, 0.1) is 6.42 Å². The van der Waals surface area contributed by atoms with Gasteiger partial charge in [-0.15, -0.1) is 0 Å². The van der Waals surface area contributed by atoms with Gasteiger partial charge in [-0.2, -0.15) is 0 Å². The van der Waals surface area contributed by atoms with Crippen molar-refractivity contribution in [3.8, 4) is 0 Å². The summed E-state index contributed by atoms with van der Waals surface area (Å²) in [4.78, 5) is 30.2. The fraction of sp³-hybridized carbons (Fsp3) is 0.500. The van der Waals surface area contributed by atoms with Gasteiger partial charge in [0.1, 0.15) is 0 Å². The molecule has 0 fully saturated rings. The zero-order valence-corrected chi connectivity index (χ0v) is 12.0. The van der Waals surface area contributed by atoms with Crippen molar-refractivity contribution in [2.45, 2.75) is 26.8 Å². The minimum absolute atomic E-state index is 0.0353. The zero-order valence-electron chi connectivity index (χ0n) is 12.0. The first-order chi connectivity index (χ1) is 9.58. The summed E-state index contributed by atoms with van der Waals surface area (Å²) >= 11 is 0. The molecule has 0 aliphatic heterocycles. The maximum atomic E-state index is 12.4. The lowest BCUT2D eigenvalue weighted by molar-refractivity contribution is -0.137. The van der Waals surface area contributed by atoms with Gasteiger partial charge < -0.3 is 14.9 Å². The Morgan fingerprint density at radius 3 is 2.25 bits per heavy atom. The summed E-state index contributed by atoms with van der Waals surface area (Å²) in [7, 11) is 0. The predicted molar refractivity (Wildman–Crippen MR) is 75.2 cm³/mol. The molecule has 0 saturated carbocycles. The van der Waals surface area contributed by atoms with Crippen molar-refractivity contribution in [3.63, 3.8) is 0 Å². The first kappa shape index (κ1) is 15.9. The molecule has 0 aliphatic carbocycles. The van der Waals surface area contributed by atoms with Crippen LogP contribution in [0, 0.1) is 0 Å². The first-order valence-corrected chi connectivity index (χ1v) is 6.73. The van der Waals surface area contributed by atoms with Crippen LogP contribution in [-0.2, 0) is 11.3 Å². The number of rotatable bonds is 7. The summed E-state index contributed by atoms with van der Waals surface area (Å²) in [6.45, 7) is 5.56. The topological polar surface area (TPSA) is 73.7 Å². The third-order valence-corrected chi connectivity index (χ3v) is 3.02. The van der Waals surface area contributed by atoms with Crippen molar-refractivity contribution in [3.05, 3.63) is 30.1 Å². The van der Waals surface area contributed by atoms with Gasteiger partial charge in [-0.1, -0.05) is 0 Å². The number of aliphatic carboxylic acids is 1. The zero-order chi connectivity index (χ0) is 15.0. The number of pyridine rings is 1. The van der Waals surface area contributed by atoms with Gasteiger partial charge in [0.15, 0.2) is 0 Å². The smallest absolute Gasteiger partial charge is 0.320 e. The number of amides is 2. The monoisotopic (exact) mass is 279 g/mol. The average Bonchev–Trinajstić information content (AvgIpc) is 2.46. The van der Waals surface area contributed by atoms with E-state index in [1.165, 1.54) is 0 Å². The fourth-order valence-electron chi connectivity index (χ4n) is 1.84. The number of carboxylic acids is 1. The van der Waals surface area contributed by atoms with Gasteiger partial charge in [0.2, 0.25) is 0 Å². The summed E-state index contributed by atoms with van der Waals surface area (Å²) in [5.41, 5.74) is 1.00. The number of carbonyl (C=O) groups is 2. The average molecular weight is 279 g/mol. The molecule has 1 rings (SSSR count). The number of nitrogens with zero attached hydrogens (tertiary/aromatic N) is 3. The molecule has 6 heteroatoms. The normalized spacial score (nSPS) is 10.1. The van der Waals surface area contributed by atoms with Gasteiger partial charge in [0.25, 0.3) is 0 Å². The van der Waals surface area contributed by atoms with Crippen LogP contribution in [0.25, 0.3) is 0 Å². The van der Waals surface area contributed by atoms with Gasteiger partial charge in [0, 0.05) is 38.6 Å². The predicted octanol–water partition coefficient (Wildman–Crippen LogP) is 1.82. The van der Waals surface area contributed by atoms with Gasteiger partial charge in [-0.3, -0.25) is 9.78 Å². The highest BCUT2D eigenvalue weighted by Gasteiger charge is 2.19. The molecule has 0 aliphatic rings. The Morgan fingerprint density at radius 1 is 1.15 bits per heavy atom. The Hall–Kier alpha value is -2.11. The van der Waals surface area contributed by atoms with Crippen molar-refractivity contribution in [2.75, 3.05) is 19.6 Å². The van der Waals surface area contributed by atoms with E-state index in [1.54, 1.807) is 22.2 Å². The highest BCUT2D eigenvalue weighted by atomic mass is 16.4. The minimum Gasteiger partial charge on any atom is -0.481 e. The lowest BCUT2D eigenvalue weighted by Gasteiger charge is -2.29. The van der Waals surface area contributed by atoms with Crippen molar-refractivity contribution in [2.24, 2.45) is 0 Å². The SMILES string of the molecule is CCN(CCC(=O)O)C(=O)N(CC)Cc1ccncc1. The summed E-state index contributed by atoms with van der Waals surface area (Å²) in [6, 6.07) is 3.60. The van der Waals surface area contributed by atoms with Gasteiger partial charge >= 0.3 is 12.0 Å². The molecule has 1 heterocycles. The molecule has 2 amide bonds. The maximum Gasteiger partial charge on any atom is 0.320 e. The van der Waals surface area contributed by atoms with Crippen LogP contribution in [-0.4, -0.2) is 51.5 Å². The van der Waals surface area contributed by atoms with E-state index in [1.807, 2.05) is 26.0 Å². The quantitative estimate of drug-likeness (QED) is 0.826. The lowest BCUT2D eigenvalue weighted by Crippen LogP contribution is -2.43. The van der Waals surface area contributed by atoms with Crippen LogP contribution in [0.15, 0.2) is 24.5 Å². The second kappa shape index (κ2) is 8.14. The van der Waals surface area contributed by atoms with Crippen LogP contribution in [0.3, 0.4) is 0 Å². The van der Waals surface area contributed by atoms with Crippen LogP contribution in [0.4, 0.5) is 4.79 Å². The number of carboxylic acid groups (broad SMARTS) is 1. The van der Waals surface area contributed by atoms with Crippen molar-refractivity contribution >= 4 is 12.0 Å². The van der Waals surface area contributed by atoms with Crippen molar-refractivity contribution in [1.29, 1.82) is 0 Å². The number of carbonyl (C=O) groups excluding carboxylic acids is 1. The highest BCUT2D eigenvalue weighted by molar-refractivity contribution is 5.75. The molecule has 6 nitrogen and oxygen atoms in total. The second-order valence-corrected chi connectivity index (χ2v) is 4.38. The van der Waals surface area contributed by atoms with E-state index in [0.717, 1.165) is 5.56 Å². The standard InChI is InChI=1S/C14H21N3O3/c1-3-16(10-7-13(18)19)14(20)17(4-2)11-12-5-8-15-9-6-12/h5-6,8-9H,3-4,7,10-11H2,1-2H3,(H,18,19). The Balaban J connectivity index is 2.66. The van der Waals surface area contributed by atoms with E-state index in [0.29, 0.717) is 19.6 Å². The van der Waals surface area contributed by atoms with E-state index in [9.17, 15) is 9.59 Å². The van der Waals surface area contributed by atoms with Crippen molar-refractivity contribution in [1.82, 2.24) is 14.8 Å². The Labute approximate surface area is 119 Å². The second-order valence-electron chi connectivity index (χ2n) is 4.38. The third-order valence-electron chi connectivity index (χ3n) is 3.02.